The maximum atomic E-state index is 3.59. The van der Waals surface area contributed by atoms with E-state index >= 15 is 0 Å². The molecule has 1 saturated carbocycles. The first-order chi connectivity index (χ1) is 6.96. The standard InChI is InChI=1S/C13H21NS/c1-9-5-6-12(15-9)11-7-10(11)8-14-13(2,3)4/h5-6,10-11,14H,7-8H2,1-4H3. The van der Waals surface area contributed by atoms with Gasteiger partial charge < -0.3 is 5.32 Å². The summed E-state index contributed by atoms with van der Waals surface area (Å²) in [4.78, 5) is 3.03. The van der Waals surface area contributed by atoms with Gasteiger partial charge in [0.15, 0.2) is 0 Å². The molecule has 2 heteroatoms. The fourth-order valence-electron chi connectivity index (χ4n) is 1.91. The largest absolute Gasteiger partial charge is 0.312 e. The number of aryl methyl sites for hydroxylation is 1. The van der Waals surface area contributed by atoms with Crippen molar-refractivity contribution in [2.24, 2.45) is 5.92 Å². The minimum absolute atomic E-state index is 0.262. The van der Waals surface area contributed by atoms with Gasteiger partial charge in [0.25, 0.3) is 0 Å². The molecule has 2 atom stereocenters. The molecule has 2 unspecified atom stereocenters. The highest BCUT2D eigenvalue weighted by molar-refractivity contribution is 7.12. The molecule has 0 bridgehead atoms. The van der Waals surface area contributed by atoms with Crippen LogP contribution in [0.25, 0.3) is 0 Å². The summed E-state index contributed by atoms with van der Waals surface area (Å²) in [5.74, 6) is 1.72. The second-order valence-electron chi connectivity index (χ2n) is 5.68. The summed E-state index contributed by atoms with van der Waals surface area (Å²) in [6.07, 6.45) is 1.38. The third-order valence-electron chi connectivity index (χ3n) is 2.94. The highest BCUT2D eigenvalue weighted by Crippen LogP contribution is 2.49. The number of hydrogen-bond donors (Lipinski definition) is 1. The monoisotopic (exact) mass is 223 g/mol. The molecule has 1 fully saturated rings. The van der Waals surface area contributed by atoms with Gasteiger partial charge in [-0.25, -0.2) is 0 Å². The number of hydrogen-bond acceptors (Lipinski definition) is 2. The Balaban J connectivity index is 1.81. The molecule has 0 aromatic carbocycles. The number of rotatable bonds is 3. The Morgan fingerprint density at radius 2 is 2.13 bits per heavy atom. The van der Waals surface area contributed by atoms with Crippen LogP contribution in [0.15, 0.2) is 12.1 Å². The fraction of sp³-hybridized carbons (Fsp3) is 0.692. The lowest BCUT2D eigenvalue weighted by atomic mass is 10.1. The van der Waals surface area contributed by atoms with Crippen molar-refractivity contribution >= 4 is 11.3 Å². The summed E-state index contributed by atoms with van der Waals surface area (Å²) in [6.45, 7) is 10.1. The first-order valence-corrected chi connectivity index (χ1v) is 6.59. The van der Waals surface area contributed by atoms with Crippen molar-refractivity contribution in [1.29, 1.82) is 0 Å². The van der Waals surface area contributed by atoms with E-state index in [2.05, 4.69) is 45.1 Å². The SMILES string of the molecule is Cc1ccc(C2CC2CNC(C)(C)C)s1. The topological polar surface area (TPSA) is 12.0 Å². The first-order valence-electron chi connectivity index (χ1n) is 5.77. The summed E-state index contributed by atoms with van der Waals surface area (Å²) in [5, 5.41) is 3.59. The smallest absolute Gasteiger partial charge is 0.00966 e. The Morgan fingerprint density at radius 3 is 2.67 bits per heavy atom. The molecule has 15 heavy (non-hydrogen) atoms. The first kappa shape index (κ1) is 11.2. The van der Waals surface area contributed by atoms with Crippen molar-refractivity contribution in [2.45, 2.75) is 45.6 Å². The van der Waals surface area contributed by atoms with E-state index in [9.17, 15) is 0 Å². The van der Waals surface area contributed by atoms with E-state index in [0.29, 0.717) is 0 Å². The molecule has 1 N–H and O–H groups in total. The van der Waals surface area contributed by atoms with E-state index in [1.54, 1.807) is 4.88 Å². The molecule has 1 aliphatic rings. The maximum Gasteiger partial charge on any atom is 0.00966 e. The zero-order valence-corrected chi connectivity index (χ0v) is 10.9. The lowest BCUT2D eigenvalue weighted by molar-refractivity contribution is 0.414. The van der Waals surface area contributed by atoms with Gasteiger partial charge in [0.1, 0.15) is 0 Å². The molecule has 0 aliphatic heterocycles. The average molecular weight is 223 g/mol. The van der Waals surface area contributed by atoms with Crippen LogP contribution < -0.4 is 5.32 Å². The van der Waals surface area contributed by atoms with Gasteiger partial charge in [-0.05, 0) is 64.6 Å². The average Bonchev–Trinajstić information content (AvgIpc) is 2.77. The van der Waals surface area contributed by atoms with Gasteiger partial charge >= 0.3 is 0 Å². The van der Waals surface area contributed by atoms with Crippen molar-refractivity contribution in [3.05, 3.63) is 21.9 Å². The highest BCUT2D eigenvalue weighted by atomic mass is 32.1. The molecule has 84 valence electrons. The lowest BCUT2D eigenvalue weighted by Gasteiger charge is -2.20. The van der Waals surface area contributed by atoms with Crippen LogP contribution in [0.5, 0.6) is 0 Å². The van der Waals surface area contributed by atoms with Crippen molar-refractivity contribution in [3.8, 4) is 0 Å². The van der Waals surface area contributed by atoms with Gasteiger partial charge in [-0.15, -0.1) is 11.3 Å². The highest BCUT2D eigenvalue weighted by Gasteiger charge is 2.39. The molecule has 0 saturated heterocycles. The minimum atomic E-state index is 0.262. The molecule has 1 heterocycles. The van der Waals surface area contributed by atoms with E-state index in [4.69, 9.17) is 0 Å². The molecule has 1 aromatic rings. The van der Waals surface area contributed by atoms with Crippen LogP contribution in [0.3, 0.4) is 0 Å². The van der Waals surface area contributed by atoms with Crippen LogP contribution >= 0.6 is 11.3 Å². The van der Waals surface area contributed by atoms with Crippen LogP contribution in [0, 0.1) is 12.8 Å². The van der Waals surface area contributed by atoms with Crippen LogP contribution in [0.1, 0.15) is 42.9 Å². The molecule has 1 aliphatic carbocycles. The van der Waals surface area contributed by atoms with E-state index < -0.39 is 0 Å². The number of thiophene rings is 1. The zero-order valence-electron chi connectivity index (χ0n) is 10.1. The molecule has 0 spiro atoms. The van der Waals surface area contributed by atoms with Gasteiger partial charge in [-0.3, -0.25) is 0 Å². The molecule has 2 rings (SSSR count). The van der Waals surface area contributed by atoms with Gasteiger partial charge in [-0.1, -0.05) is 0 Å². The predicted molar refractivity (Wildman–Crippen MR) is 67.7 cm³/mol. The quantitative estimate of drug-likeness (QED) is 0.826. The summed E-state index contributed by atoms with van der Waals surface area (Å²) < 4.78 is 0. The Bertz CT molecular complexity index is 335. The van der Waals surface area contributed by atoms with Crippen molar-refractivity contribution < 1.29 is 0 Å². The van der Waals surface area contributed by atoms with E-state index in [0.717, 1.165) is 11.8 Å². The van der Waals surface area contributed by atoms with Gasteiger partial charge in [0, 0.05) is 15.3 Å². The van der Waals surface area contributed by atoms with E-state index in [1.807, 2.05) is 11.3 Å². The Kier molecular flexibility index (Phi) is 2.91. The Morgan fingerprint density at radius 1 is 1.40 bits per heavy atom. The molecule has 1 aromatic heterocycles. The van der Waals surface area contributed by atoms with Crippen LogP contribution in [-0.4, -0.2) is 12.1 Å². The summed E-state index contributed by atoms with van der Waals surface area (Å²) in [6, 6.07) is 4.55. The maximum absolute atomic E-state index is 3.59. The zero-order chi connectivity index (χ0) is 11.1. The third kappa shape index (κ3) is 3.05. The normalized spacial score (nSPS) is 25.6. The summed E-state index contributed by atoms with van der Waals surface area (Å²) >= 11 is 1.97. The van der Waals surface area contributed by atoms with E-state index in [-0.39, 0.29) is 5.54 Å². The second-order valence-corrected chi connectivity index (χ2v) is 7.00. The predicted octanol–water partition coefficient (Wildman–Crippen LogP) is 3.55. The molecule has 1 nitrogen and oxygen atoms in total. The Labute approximate surface area is 96.9 Å². The number of nitrogens with one attached hydrogen (secondary N) is 1. The lowest BCUT2D eigenvalue weighted by Crippen LogP contribution is -2.37. The third-order valence-corrected chi connectivity index (χ3v) is 4.08. The Hall–Kier alpha value is -0.340. The van der Waals surface area contributed by atoms with Gasteiger partial charge in [0.05, 0.1) is 0 Å². The van der Waals surface area contributed by atoms with Crippen LogP contribution in [0.4, 0.5) is 0 Å². The molecule has 0 radical (unpaired) electrons. The minimum Gasteiger partial charge on any atom is -0.312 e. The van der Waals surface area contributed by atoms with Gasteiger partial charge in [0.2, 0.25) is 0 Å². The van der Waals surface area contributed by atoms with Crippen molar-refractivity contribution in [2.75, 3.05) is 6.54 Å². The summed E-state index contributed by atoms with van der Waals surface area (Å²) in [5.41, 5.74) is 0.262. The summed E-state index contributed by atoms with van der Waals surface area (Å²) in [7, 11) is 0. The van der Waals surface area contributed by atoms with Crippen molar-refractivity contribution in [1.82, 2.24) is 5.32 Å². The van der Waals surface area contributed by atoms with Crippen LogP contribution in [0.2, 0.25) is 0 Å². The second kappa shape index (κ2) is 3.91. The van der Waals surface area contributed by atoms with E-state index in [1.165, 1.54) is 17.8 Å². The molecule has 0 amide bonds. The molecular formula is C13H21NS. The fourth-order valence-corrected chi connectivity index (χ4v) is 3.00. The van der Waals surface area contributed by atoms with Crippen LogP contribution in [-0.2, 0) is 0 Å². The van der Waals surface area contributed by atoms with Gasteiger partial charge in [-0.2, -0.15) is 0 Å². The van der Waals surface area contributed by atoms with Crippen molar-refractivity contribution in [3.63, 3.8) is 0 Å². The molecular weight excluding hydrogens is 202 g/mol.